The molecule has 2 N–H and O–H groups in total. The number of fused-ring (bicyclic) bond motifs is 1. The van der Waals surface area contributed by atoms with Crippen LogP contribution in [0, 0.1) is 25.7 Å². The molecule has 7 heteroatoms. The van der Waals surface area contributed by atoms with Gasteiger partial charge in [0.15, 0.2) is 5.78 Å². The molecule has 1 aromatic heterocycles. The molecule has 1 aromatic rings. The fourth-order valence-electron chi connectivity index (χ4n) is 4.68. The SMILES string of the molecule is CC(=O)c1c(C)nn([C@@H](C)CC(=O)N2C[C@H]3C[C@H](O)[C@@H](O)C[C@H]3C2)c1C. The Hall–Kier alpha value is -1.73. The van der Waals surface area contributed by atoms with Crippen molar-refractivity contribution in [1.82, 2.24) is 14.7 Å². The Morgan fingerprint density at radius 2 is 1.69 bits per heavy atom. The molecule has 26 heavy (non-hydrogen) atoms. The molecule has 5 atom stereocenters. The van der Waals surface area contributed by atoms with Crippen LogP contribution in [0.15, 0.2) is 0 Å². The average molecular weight is 363 g/mol. The predicted molar refractivity (Wildman–Crippen MR) is 95.8 cm³/mol. The van der Waals surface area contributed by atoms with Gasteiger partial charge in [0.2, 0.25) is 5.91 Å². The molecule has 1 amide bonds. The number of ketones is 1. The highest BCUT2D eigenvalue weighted by Crippen LogP contribution is 2.37. The van der Waals surface area contributed by atoms with Gasteiger partial charge >= 0.3 is 0 Å². The Morgan fingerprint density at radius 1 is 1.15 bits per heavy atom. The Labute approximate surface area is 154 Å². The first-order valence-corrected chi connectivity index (χ1v) is 9.39. The normalized spacial score (nSPS) is 29.5. The van der Waals surface area contributed by atoms with Gasteiger partial charge < -0.3 is 15.1 Å². The molecule has 1 aliphatic heterocycles. The fourth-order valence-corrected chi connectivity index (χ4v) is 4.68. The van der Waals surface area contributed by atoms with Crippen molar-refractivity contribution in [2.45, 2.75) is 65.2 Å². The summed E-state index contributed by atoms with van der Waals surface area (Å²) in [5.41, 5.74) is 2.14. The molecular formula is C19H29N3O4. The molecule has 0 aromatic carbocycles. The Bertz CT molecular complexity index is 696. The van der Waals surface area contributed by atoms with Crippen molar-refractivity contribution in [2.24, 2.45) is 11.8 Å². The Morgan fingerprint density at radius 3 is 2.15 bits per heavy atom. The van der Waals surface area contributed by atoms with Gasteiger partial charge in [-0.1, -0.05) is 0 Å². The summed E-state index contributed by atoms with van der Waals surface area (Å²) >= 11 is 0. The molecule has 1 aliphatic carbocycles. The van der Waals surface area contributed by atoms with Gasteiger partial charge in [-0.25, -0.2) is 0 Å². The van der Waals surface area contributed by atoms with Crippen LogP contribution in [-0.4, -0.2) is 61.9 Å². The lowest BCUT2D eigenvalue weighted by molar-refractivity contribution is -0.131. The lowest BCUT2D eigenvalue weighted by atomic mass is 9.79. The molecule has 1 saturated carbocycles. The van der Waals surface area contributed by atoms with Crippen molar-refractivity contribution >= 4 is 11.7 Å². The first kappa shape index (κ1) is 19.0. The molecule has 7 nitrogen and oxygen atoms in total. The minimum absolute atomic E-state index is 0.00879. The van der Waals surface area contributed by atoms with E-state index in [2.05, 4.69) is 5.10 Å². The maximum Gasteiger partial charge on any atom is 0.224 e. The number of aromatic nitrogens is 2. The third kappa shape index (κ3) is 3.42. The number of aliphatic hydroxyl groups is 2. The van der Waals surface area contributed by atoms with E-state index in [1.54, 1.807) is 4.68 Å². The van der Waals surface area contributed by atoms with Gasteiger partial charge in [0.05, 0.1) is 29.5 Å². The third-order valence-electron chi connectivity index (χ3n) is 6.03. The van der Waals surface area contributed by atoms with Crippen molar-refractivity contribution in [3.05, 3.63) is 17.0 Å². The first-order chi connectivity index (χ1) is 12.2. The molecule has 0 spiro atoms. The standard InChI is InChI=1S/C19H29N3O4/c1-10(22-12(3)19(13(4)23)11(2)20-22)5-18(26)21-8-14-6-16(24)17(25)7-15(14)9-21/h10,14-17,24-25H,5-9H2,1-4H3/t10-,14-,15+,16-,17-/m0/s1. The number of likely N-dealkylation sites (tertiary alicyclic amines) is 1. The zero-order chi connectivity index (χ0) is 19.2. The summed E-state index contributed by atoms with van der Waals surface area (Å²) in [7, 11) is 0. The van der Waals surface area contributed by atoms with Crippen LogP contribution in [0.2, 0.25) is 0 Å². The summed E-state index contributed by atoms with van der Waals surface area (Å²) in [4.78, 5) is 26.4. The summed E-state index contributed by atoms with van der Waals surface area (Å²) in [5, 5.41) is 24.2. The van der Waals surface area contributed by atoms with E-state index in [1.807, 2.05) is 25.7 Å². The number of carbonyl (C=O) groups excluding carboxylic acids is 2. The number of nitrogens with zero attached hydrogens (tertiary/aromatic N) is 3. The van der Waals surface area contributed by atoms with Gasteiger partial charge in [-0.2, -0.15) is 5.10 Å². The number of amides is 1. The molecule has 2 aliphatic rings. The van der Waals surface area contributed by atoms with Crippen LogP contribution in [-0.2, 0) is 4.79 Å². The maximum absolute atomic E-state index is 12.8. The molecule has 144 valence electrons. The molecule has 1 saturated heterocycles. The highest BCUT2D eigenvalue weighted by atomic mass is 16.3. The summed E-state index contributed by atoms with van der Waals surface area (Å²) in [6.45, 7) is 8.46. The molecule has 0 unspecified atom stereocenters. The summed E-state index contributed by atoms with van der Waals surface area (Å²) in [6.07, 6.45) is 0.0915. The van der Waals surface area contributed by atoms with Crippen LogP contribution < -0.4 is 0 Å². The molecule has 2 heterocycles. The van der Waals surface area contributed by atoms with Gasteiger partial charge in [-0.3, -0.25) is 14.3 Å². The van der Waals surface area contributed by atoms with Crippen molar-refractivity contribution in [1.29, 1.82) is 0 Å². The van der Waals surface area contributed by atoms with E-state index in [4.69, 9.17) is 0 Å². The maximum atomic E-state index is 12.8. The van der Waals surface area contributed by atoms with Gasteiger partial charge in [0.1, 0.15) is 0 Å². The minimum Gasteiger partial charge on any atom is -0.390 e. The quantitative estimate of drug-likeness (QED) is 0.785. The van der Waals surface area contributed by atoms with E-state index in [0.717, 1.165) is 5.69 Å². The van der Waals surface area contributed by atoms with E-state index < -0.39 is 12.2 Å². The zero-order valence-corrected chi connectivity index (χ0v) is 16.0. The van der Waals surface area contributed by atoms with E-state index >= 15 is 0 Å². The highest BCUT2D eigenvalue weighted by Gasteiger charge is 2.42. The third-order valence-corrected chi connectivity index (χ3v) is 6.03. The molecule has 0 radical (unpaired) electrons. The van der Waals surface area contributed by atoms with Crippen LogP contribution in [0.25, 0.3) is 0 Å². The molecule has 2 fully saturated rings. The smallest absolute Gasteiger partial charge is 0.224 e. The fraction of sp³-hybridized carbons (Fsp3) is 0.737. The van der Waals surface area contributed by atoms with Crippen molar-refractivity contribution in [3.8, 4) is 0 Å². The Balaban J connectivity index is 1.66. The van der Waals surface area contributed by atoms with E-state index in [9.17, 15) is 19.8 Å². The number of carbonyl (C=O) groups is 2. The number of rotatable bonds is 4. The summed E-state index contributed by atoms with van der Waals surface area (Å²) in [5.74, 6) is 0.592. The molecule has 3 rings (SSSR count). The summed E-state index contributed by atoms with van der Waals surface area (Å²) < 4.78 is 1.78. The van der Waals surface area contributed by atoms with E-state index in [0.29, 0.717) is 43.6 Å². The minimum atomic E-state index is -0.676. The van der Waals surface area contributed by atoms with Gasteiger partial charge in [0, 0.05) is 25.2 Å². The van der Waals surface area contributed by atoms with Gasteiger partial charge in [0.25, 0.3) is 0 Å². The van der Waals surface area contributed by atoms with Gasteiger partial charge in [-0.05, 0) is 52.4 Å². The lowest BCUT2D eigenvalue weighted by Crippen LogP contribution is -2.38. The lowest BCUT2D eigenvalue weighted by Gasteiger charge is -2.31. The first-order valence-electron chi connectivity index (χ1n) is 9.39. The van der Waals surface area contributed by atoms with Crippen molar-refractivity contribution in [2.75, 3.05) is 13.1 Å². The number of aryl methyl sites for hydroxylation is 1. The molecule has 0 bridgehead atoms. The second-order valence-corrected chi connectivity index (χ2v) is 8.02. The number of hydrogen-bond acceptors (Lipinski definition) is 5. The topological polar surface area (TPSA) is 95.7 Å². The van der Waals surface area contributed by atoms with Crippen molar-refractivity contribution in [3.63, 3.8) is 0 Å². The van der Waals surface area contributed by atoms with Gasteiger partial charge in [-0.15, -0.1) is 0 Å². The molecular weight excluding hydrogens is 334 g/mol. The van der Waals surface area contributed by atoms with Crippen LogP contribution in [0.4, 0.5) is 0 Å². The second-order valence-electron chi connectivity index (χ2n) is 8.02. The summed E-state index contributed by atoms with van der Waals surface area (Å²) in [6, 6.07) is -0.131. The second kappa shape index (κ2) is 7.12. The van der Waals surface area contributed by atoms with Crippen LogP contribution in [0.5, 0.6) is 0 Å². The van der Waals surface area contributed by atoms with E-state index in [-0.39, 0.29) is 29.6 Å². The van der Waals surface area contributed by atoms with Crippen molar-refractivity contribution < 1.29 is 19.8 Å². The predicted octanol–water partition coefficient (Wildman–Crippen LogP) is 1.24. The number of Topliss-reactive ketones (excluding diaryl/α,β-unsaturated/α-hetero) is 1. The number of aliphatic hydroxyl groups excluding tert-OH is 2. The van der Waals surface area contributed by atoms with Crippen LogP contribution in [0.3, 0.4) is 0 Å². The average Bonchev–Trinajstić information content (AvgIpc) is 3.08. The van der Waals surface area contributed by atoms with Crippen LogP contribution >= 0.6 is 0 Å². The highest BCUT2D eigenvalue weighted by molar-refractivity contribution is 5.96. The Kier molecular flexibility index (Phi) is 5.21. The number of hydrogen-bond donors (Lipinski definition) is 2. The van der Waals surface area contributed by atoms with Crippen LogP contribution in [0.1, 0.15) is 60.9 Å². The monoisotopic (exact) mass is 363 g/mol. The van der Waals surface area contributed by atoms with E-state index in [1.165, 1.54) is 6.92 Å². The zero-order valence-electron chi connectivity index (χ0n) is 16.0. The largest absolute Gasteiger partial charge is 0.390 e.